The molecule has 0 aliphatic carbocycles. The Morgan fingerprint density at radius 3 is 2.53 bits per heavy atom. The predicted octanol–water partition coefficient (Wildman–Crippen LogP) is 0.729. The van der Waals surface area contributed by atoms with Gasteiger partial charge < -0.3 is 10.6 Å². The molecule has 1 aromatic heterocycles. The van der Waals surface area contributed by atoms with Crippen molar-refractivity contribution < 1.29 is 8.42 Å². The fraction of sp³-hybridized carbons (Fsp3) is 0.625. The van der Waals surface area contributed by atoms with Gasteiger partial charge in [-0.2, -0.15) is 4.37 Å². The average Bonchev–Trinajstić information content (AvgIpc) is 2.68. The van der Waals surface area contributed by atoms with Gasteiger partial charge in [0.1, 0.15) is 9.90 Å². The third-order valence-corrected chi connectivity index (χ3v) is 4.62. The highest BCUT2D eigenvalue weighted by Crippen LogP contribution is 2.36. The Bertz CT molecular complexity index is 460. The monoisotopic (exact) mass is 247 g/mol. The molecule has 2 N–H and O–H groups in total. The van der Waals surface area contributed by atoms with Gasteiger partial charge >= 0.3 is 0 Å². The molecule has 15 heavy (non-hydrogen) atoms. The highest BCUT2D eigenvalue weighted by Gasteiger charge is 2.26. The molecule has 0 unspecified atom stereocenters. The van der Waals surface area contributed by atoms with Crippen LogP contribution in [0.5, 0.6) is 0 Å². The highest BCUT2D eigenvalue weighted by molar-refractivity contribution is 7.91. The number of nitrogens with two attached hydrogens (primary N) is 1. The number of nitrogens with zero attached hydrogens (tertiary/aromatic N) is 2. The van der Waals surface area contributed by atoms with Crippen LogP contribution in [0.15, 0.2) is 4.90 Å². The van der Waals surface area contributed by atoms with Gasteiger partial charge in [0, 0.05) is 19.3 Å². The molecule has 2 rings (SSSR count). The van der Waals surface area contributed by atoms with Crippen LogP contribution in [-0.2, 0) is 9.84 Å². The molecule has 0 radical (unpaired) electrons. The molecule has 5 nitrogen and oxygen atoms in total. The minimum Gasteiger partial charge on any atom is -0.382 e. The van der Waals surface area contributed by atoms with E-state index in [1.807, 2.05) is 4.90 Å². The van der Waals surface area contributed by atoms with Crippen LogP contribution in [0.3, 0.4) is 0 Å². The van der Waals surface area contributed by atoms with Gasteiger partial charge in [-0.15, -0.1) is 0 Å². The first kappa shape index (κ1) is 10.7. The predicted molar refractivity (Wildman–Crippen MR) is 61.1 cm³/mol. The van der Waals surface area contributed by atoms with E-state index < -0.39 is 9.84 Å². The van der Waals surface area contributed by atoms with E-state index in [-0.39, 0.29) is 10.7 Å². The number of anilines is 2. The van der Waals surface area contributed by atoms with E-state index >= 15 is 0 Å². The maximum atomic E-state index is 11.6. The van der Waals surface area contributed by atoms with Gasteiger partial charge in [0.25, 0.3) is 0 Å². The maximum absolute atomic E-state index is 11.6. The van der Waals surface area contributed by atoms with Crippen molar-refractivity contribution in [1.29, 1.82) is 0 Å². The minimum absolute atomic E-state index is 0.129. The zero-order valence-electron chi connectivity index (χ0n) is 8.43. The second-order valence-corrected chi connectivity index (χ2v) is 6.37. The largest absolute Gasteiger partial charge is 0.382 e. The summed E-state index contributed by atoms with van der Waals surface area (Å²) in [6.45, 7) is 1.79. The van der Waals surface area contributed by atoms with E-state index in [0.717, 1.165) is 25.9 Å². The third-order valence-electron chi connectivity index (χ3n) is 2.42. The van der Waals surface area contributed by atoms with Crippen molar-refractivity contribution in [2.45, 2.75) is 17.7 Å². The summed E-state index contributed by atoms with van der Waals surface area (Å²) in [6, 6.07) is 0. The van der Waals surface area contributed by atoms with E-state index in [0.29, 0.717) is 5.00 Å². The number of aromatic nitrogens is 1. The first-order valence-electron chi connectivity index (χ1n) is 4.70. The Morgan fingerprint density at radius 2 is 2.00 bits per heavy atom. The molecule has 1 aliphatic rings. The van der Waals surface area contributed by atoms with E-state index in [1.54, 1.807) is 0 Å². The molecule has 0 bridgehead atoms. The lowest BCUT2D eigenvalue weighted by Gasteiger charge is -2.15. The number of hydrogen-bond donors (Lipinski definition) is 1. The second kappa shape index (κ2) is 3.64. The Hall–Kier alpha value is -0.820. The quantitative estimate of drug-likeness (QED) is 0.833. The zero-order valence-corrected chi connectivity index (χ0v) is 10.1. The van der Waals surface area contributed by atoms with Crippen LogP contribution in [0.4, 0.5) is 10.8 Å². The van der Waals surface area contributed by atoms with E-state index in [2.05, 4.69) is 4.37 Å². The summed E-state index contributed by atoms with van der Waals surface area (Å²) in [6.07, 6.45) is 3.37. The minimum atomic E-state index is -3.28. The smallest absolute Gasteiger partial charge is 0.182 e. The van der Waals surface area contributed by atoms with Crippen molar-refractivity contribution in [3.8, 4) is 0 Å². The van der Waals surface area contributed by atoms with Gasteiger partial charge in [0.15, 0.2) is 15.7 Å². The summed E-state index contributed by atoms with van der Waals surface area (Å²) in [4.78, 5) is 2.25. The molecule has 7 heteroatoms. The SMILES string of the molecule is CS(=O)(=O)c1c(N)nsc1N1CCCC1. The fourth-order valence-electron chi connectivity index (χ4n) is 1.75. The molecule has 1 aromatic rings. The Balaban J connectivity index is 2.48. The molecular weight excluding hydrogens is 234 g/mol. The van der Waals surface area contributed by atoms with E-state index in [9.17, 15) is 8.42 Å². The molecule has 0 amide bonds. The summed E-state index contributed by atoms with van der Waals surface area (Å²) >= 11 is 1.17. The van der Waals surface area contributed by atoms with Crippen molar-refractivity contribution >= 4 is 32.2 Å². The van der Waals surface area contributed by atoms with Gasteiger partial charge in [0.2, 0.25) is 0 Å². The van der Waals surface area contributed by atoms with Crippen molar-refractivity contribution in [3.05, 3.63) is 0 Å². The van der Waals surface area contributed by atoms with Crippen molar-refractivity contribution in [2.24, 2.45) is 0 Å². The van der Waals surface area contributed by atoms with Crippen LogP contribution in [-0.4, -0.2) is 32.1 Å². The van der Waals surface area contributed by atoms with Gasteiger partial charge in [0.05, 0.1) is 0 Å². The fourth-order valence-corrected chi connectivity index (χ4v) is 4.01. The van der Waals surface area contributed by atoms with Crippen molar-refractivity contribution in [2.75, 3.05) is 30.0 Å². The van der Waals surface area contributed by atoms with Crippen LogP contribution >= 0.6 is 11.5 Å². The summed E-state index contributed by atoms with van der Waals surface area (Å²) in [5.74, 6) is 0.129. The number of sulfone groups is 1. The molecule has 1 aliphatic heterocycles. The summed E-state index contributed by atoms with van der Waals surface area (Å²) in [7, 11) is -3.28. The topological polar surface area (TPSA) is 76.3 Å². The number of hydrogen-bond acceptors (Lipinski definition) is 6. The van der Waals surface area contributed by atoms with Crippen LogP contribution in [0.1, 0.15) is 12.8 Å². The molecule has 0 saturated carbocycles. The highest BCUT2D eigenvalue weighted by atomic mass is 32.2. The normalized spacial score (nSPS) is 17.3. The van der Waals surface area contributed by atoms with Crippen LogP contribution < -0.4 is 10.6 Å². The average molecular weight is 247 g/mol. The standard InChI is InChI=1S/C8H13N3O2S2/c1-15(12,13)6-7(9)10-14-8(6)11-4-2-3-5-11/h2-5H2,1H3,(H2,9,10). The Labute approximate surface area is 93.0 Å². The van der Waals surface area contributed by atoms with Gasteiger partial charge in [-0.3, -0.25) is 0 Å². The number of rotatable bonds is 2. The summed E-state index contributed by atoms with van der Waals surface area (Å²) in [5.41, 5.74) is 5.59. The molecule has 0 aromatic carbocycles. The second-order valence-electron chi connectivity index (χ2n) is 3.67. The maximum Gasteiger partial charge on any atom is 0.182 e. The molecule has 1 fully saturated rings. The first-order chi connectivity index (χ1) is 7.00. The lowest BCUT2D eigenvalue weighted by atomic mass is 10.4. The molecule has 2 heterocycles. The molecular formula is C8H13N3O2S2. The summed E-state index contributed by atoms with van der Waals surface area (Å²) < 4.78 is 27.0. The van der Waals surface area contributed by atoms with Crippen LogP contribution in [0, 0.1) is 0 Å². The van der Waals surface area contributed by atoms with E-state index in [4.69, 9.17) is 5.73 Å². The molecule has 84 valence electrons. The Morgan fingerprint density at radius 1 is 1.40 bits per heavy atom. The lowest BCUT2D eigenvalue weighted by Crippen LogP contribution is -2.18. The molecule has 1 saturated heterocycles. The van der Waals surface area contributed by atoms with Gasteiger partial charge in [-0.05, 0) is 24.4 Å². The lowest BCUT2D eigenvalue weighted by molar-refractivity contribution is 0.602. The van der Waals surface area contributed by atoms with E-state index in [1.165, 1.54) is 17.8 Å². The third kappa shape index (κ3) is 1.93. The number of nitrogen functional groups attached to an aromatic ring is 1. The molecule has 0 atom stereocenters. The Kier molecular flexibility index (Phi) is 2.59. The molecule has 0 spiro atoms. The van der Waals surface area contributed by atoms with Crippen LogP contribution in [0.2, 0.25) is 0 Å². The van der Waals surface area contributed by atoms with Gasteiger partial charge in [-0.1, -0.05) is 0 Å². The van der Waals surface area contributed by atoms with Gasteiger partial charge in [-0.25, -0.2) is 8.42 Å². The van der Waals surface area contributed by atoms with Crippen molar-refractivity contribution in [3.63, 3.8) is 0 Å². The first-order valence-corrected chi connectivity index (χ1v) is 7.37. The summed E-state index contributed by atoms with van der Waals surface area (Å²) in [5, 5.41) is 0.701. The zero-order chi connectivity index (χ0) is 11.1. The van der Waals surface area contributed by atoms with Crippen molar-refractivity contribution in [1.82, 2.24) is 4.37 Å². The van der Waals surface area contributed by atoms with Crippen LogP contribution in [0.25, 0.3) is 0 Å².